The van der Waals surface area contributed by atoms with Gasteiger partial charge in [0.05, 0.1) is 11.1 Å². The van der Waals surface area contributed by atoms with Crippen molar-refractivity contribution in [2.24, 2.45) is 7.05 Å². The van der Waals surface area contributed by atoms with Crippen LogP contribution < -0.4 is 16.6 Å². The van der Waals surface area contributed by atoms with Crippen molar-refractivity contribution >= 4 is 23.4 Å². The zero-order chi connectivity index (χ0) is 18.3. The molecule has 0 radical (unpaired) electrons. The molecule has 7 nitrogen and oxygen atoms in total. The number of hydrogen-bond donors (Lipinski definition) is 3. The molecule has 3 heterocycles. The van der Waals surface area contributed by atoms with Gasteiger partial charge in [0.2, 0.25) is 0 Å². The first-order valence-corrected chi connectivity index (χ1v) is 8.69. The number of nitrogens with zero attached hydrogens (tertiary/aromatic N) is 2. The molecule has 0 bridgehead atoms. The molecule has 27 heavy (non-hydrogen) atoms. The summed E-state index contributed by atoms with van der Waals surface area (Å²) in [5.74, 6) is 0.260. The van der Waals surface area contributed by atoms with E-state index in [9.17, 15) is 14.7 Å². The molecule has 1 aliphatic heterocycles. The summed E-state index contributed by atoms with van der Waals surface area (Å²) in [6.45, 7) is 1.72. The normalized spacial score (nSPS) is 16.9. The second-order valence-corrected chi connectivity index (χ2v) is 6.68. The number of phenolic OH excluding ortho intramolecular Hbond substituents is 1. The van der Waals surface area contributed by atoms with Gasteiger partial charge in [-0.15, -0.1) is 12.4 Å². The van der Waals surface area contributed by atoms with Gasteiger partial charge in [-0.1, -0.05) is 12.1 Å². The Balaban J connectivity index is 0.00000210. The largest absolute Gasteiger partial charge is 0.507 e. The maximum atomic E-state index is 12.8. The summed E-state index contributed by atoms with van der Waals surface area (Å²) in [4.78, 5) is 32.0. The number of fused-ring (bicyclic) bond motifs is 1. The zero-order valence-electron chi connectivity index (χ0n) is 14.9. The second kappa shape index (κ2) is 7.54. The van der Waals surface area contributed by atoms with Crippen molar-refractivity contribution in [3.05, 3.63) is 56.7 Å². The Hall–Kier alpha value is -2.64. The standard InChI is InChI=1S/C19H20N4O3.ClH/c1-23-18(25)16-13(11-5-4-8-20-10-11)9-14(21-17(16)22-19(23)26)12-6-2-3-7-15(12)24;/h2-3,6-7,9,11,20,24H,4-5,8,10H2,1H3,(H,21,22,26);1H. The van der Waals surface area contributed by atoms with Gasteiger partial charge in [-0.3, -0.25) is 14.3 Å². The Bertz CT molecular complexity index is 1100. The molecule has 0 spiro atoms. The number of phenols is 1. The maximum Gasteiger partial charge on any atom is 0.329 e. The molecule has 2 aromatic heterocycles. The first kappa shape index (κ1) is 19.1. The van der Waals surface area contributed by atoms with E-state index in [0.717, 1.165) is 36.1 Å². The van der Waals surface area contributed by atoms with Crippen molar-refractivity contribution in [1.82, 2.24) is 19.9 Å². The molecular formula is C19H21ClN4O3. The Labute approximate surface area is 161 Å². The van der Waals surface area contributed by atoms with E-state index in [-0.39, 0.29) is 35.3 Å². The zero-order valence-corrected chi connectivity index (χ0v) is 15.7. The predicted molar refractivity (Wildman–Crippen MR) is 107 cm³/mol. The molecule has 4 rings (SSSR count). The van der Waals surface area contributed by atoms with Crippen LogP contribution in [-0.2, 0) is 7.05 Å². The molecule has 1 saturated heterocycles. The van der Waals surface area contributed by atoms with Gasteiger partial charge in [-0.05, 0) is 49.1 Å². The predicted octanol–water partition coefficient (Wildman–Crippen LogP) is 1.88. The average molecular weight is 389 g/mol. The Morgan fingerprint density at radius 1 is 1.26 bits per heavy atom. The van der Waals surface area contributed by atoms with Crippen LogP contribution in [0, 0.1) is 0 Å². The summed E-state index contributed by atoms with van der Waals surface area (Å²) in [5.41, 5.74) is 1.38. The van der Waals surface area contributed by atoms with E-state index < -0.39 is 5.69 Å². The number of aromatic nitrogens is 3. The molecule has 3 N–H and O–H groups in total. The summed E-state index contributed by atoms with van der Waals surface area (Å²) in [6, 6.07) is 8.79. The van der Waals surface area contributed by atoms with Gasteiger partial charge < -0.3 is 10.4 Å². The van der Waals surface area contributed by atoms with E-state index in [1.165, 1.54) is 7.05 Å². The number of benzene rings is 1. The van der Waals surface area contributed by atoms with Crippen molar-refractivity contribution < 1.29 is 5.11 Å². The molecule has 1 aliphatic rings. The number of aromatic hydroxyl groups is 1. The minimum atomic E-state index is -0.503. The highest BCUT2D eigenvalue weighted by Gasteiger charge is 2.22. The molecular weight excluding hydrogens is 368 g/mol. The highest BCUT2D eigenvalue weighted by molar-refractivity contribution is 5.85. The number of H-pyrrole nitrogens is 1. The van der Waals surface area contributed by atoms with Gasteiger partial charge in [-0.25, -0.2) is 9.78 Å². The van der Waals surface area contributed by atoms with Crippen LogP contribution in [-0.4, -0.2) is 32.7 Å². The van der Waals surface area contributed by atoms with E-state index in [1.54, 1.807) is 18.2 Å². The third-order valence-electron chi connectivity index (χ3n) is 5.02. The van der Waals surface area contributed by atoms with Gasteiger partial charge in [0.1, 0.15) is 11.4 Å². The third-order valence-corrected chi connectivity index (χ3v) is 5.02. The fourth-order valence-electron chi connectivity index (χ4n) is 3.59. The van der Waals surface area contributed by atoms with Crippen LogP contribution in [0.5, 0.6) is 5.75 Å². The molecule has 1 atom stereocenters. The van der Waals surface area contributed by atoms with Crippen molar-refractivity contribution in [2.45, 2.75) is 18.8 Å². The Morgan fingerprint density at radius 2 is 2.04 bits per heavy atom. The smallest absolute Gasteiger partial charge is 0.329 e. The molecule has 1 fully saturated rings. The number of pyridine rings is 1. The van der Waals surface area contributed by atoms with Crippen LogP contribution in [0.15, 0.2) is 39.9 Å². The number of para-hydroxylation sites is 1. The lowest BCUT2D eigenvalue weighted by molar-refractivity contribution is 0.463. The first-order chi connectivity index (χ1) is 12.6. The summed E-state index contributed by atoms with van der Waals surface area (Å²) in [5, 5.41) is 14.0. The number of rotatable bonds is 2. The van der Waals surface area contributed by atoms with Crippen LogP contribution in [0.1, 0.15) is 24.3 Å². The van der Waals surface area contributed by atoms with Crippen molar-refractivity contribution in [3.8, 4) is 17.0 Å². The molecule has 0 aliphatic carbocycles. The average Bonchev–Trinajstić information content (AvgIpc) is 2.66. The molecule has 142 valence electrons. The van der Waals surface area contributed by atoms with Crippen LogP contribution in [0.2, 0.25) is 0 Å². The lowest BCUT2D eigenvalue weighted by Gasteiger charge is -2.24. The third kappa shape index (κ3) is 3.36. The van der Waals surface area contributed by atoms with Gasteiger partial charge in [-0.2, -0.15) is 0 Å². The van der Waals surface area contributed by atoms with Gasteiger partial charge in [0, 0.05) is 19.2 Å². The lowest BCUT2D eigenvalue weighted by Crippen LogP contribution is -2.35. The van der Waals surface area contributed by atoms with Crippen molar-refractivity contribution in [1.29, 1.82) is 0 Å². The van der Waals surface area contributed by atoms with Crippen LogP contribution in [0.25, 0.3) is 22.3 Å². The van der Waals surface area contributed by atoms with E-state index in [2.05, 4.69) is 15.3 Å². The van der Waals surface area contributed by atoms with Gasteiger partial charge >= 0.3 is 5.69 Å². The first-order valence-electron chi connectivity index (χ1n) is 8.69. The molecule has 1 unspecified atom stereocenters. The lowest BCUT2D eigenvalue weighted by atomic mass is 9.89. The molecule has 3 aromatic rings. The van der Waals surface area contributed by atoms with Crippen molar-refractivity contribution in [3.63, 3.8) is 0 Å². The van der Waals surface area contributed by atoms with E-state index in [4.69, 9.17) is 0 Å². The topological polar surface area (TPSA) is 100 Å². The molecule has 1 aromatic carbocycles. The fourth-order valence-corrected chi connectivity index (χ4v) is 3.59. The van der Waals surface area contributed by atoms with E-state index >= 15 is 0 Å². The van der Waals surface area contributed by atoms with Gasteiger partial charge in [0.25, 0.3) is 5.56 Å². The van der Waals surface area contributed by atoms with E-state index in [0.29, 0.717) is 16.6 Å². The van der Waals surface area contributed by atoms with E-state index in [1.807, 2.05) is 12.1 Å². The number of halogens is 1. The molecule has 8 heteroatoms. The Morgan fingerprint density at radius 3 is 2.74 bits per heavy atom. The maximum absolute atomic E-state index is 12.8. The monoisotopic (exact) mass is 388 g/mol. The number of aromatic amines is 1. The quantitative estimate of drug-likeness (QED) is 0.622. The summed E-state index contributed by atoms with van der Waals surface area (Å²) < 4.78 is 1.07. The minimum absolute atomic E-state index is 0. The van der Waals surface area contributed by atoms with Crippen molar-refractivity contribution in [2.75, 3.05) is 13.1 Å². The van der Waals surface area contributed by atoms with Crippen LogP contribution in [0.4, 0.5) is 0 Å². The number of nitrogens with one attached hydrogen (secondary N) is 2. The molecule has 0 amide bonds. The highest BCUT2D eigenvalue weighted by atomic mass is 35.5. The second-order valence-electron chi connectivity index (χ2n) is 6.68. The number of hydrogen-bond acceptors (Lipinski definition) is 5. The van der Waals surface area contributed by atoms with Crippen LogP contribution >= 0.6 is 12.4 Å². The summed E-state index contributed by atoms with van der Waals surface area (Å²) in [6.07, 6.45) is 1.97. The number of piperidine rings is 1. The summed E-state index contributed by atoms with van der Waals surface area (Å²) in [7, 11) is 1.46. The SMILES string of the molecule is Cl.Cn1c(=O)[nH]c2nc(-c3ccccc3O)cc(C3CCCNC3)c2c1=O. The minimum Gasteiger partial charge on any atom is -0.507 e. The fraction of sp³-hybridized carbons (Fsp3) is 0.316. The highest BCUT2D eigenvalue weighted by Crippen LogP contribution is 2.33. The Kier molecular flexibility index (Phi) is 5.34. The summed E-state index contributed by atoms with van der Waals surface area (Å²) >= 11 is 0. The molecule has 0 saturated carbocycles. The van der Waals surface area contributed by atoms with Crippen LogP contribution in [0.3, 0.4) is 0 Å². The van der Waals surface area contributed by atoms with Gasteiger partial charge in [0.15, 0.2) is 0 Å².